The van der Waals surface area contributed by atoms with Gasteiger partial charge >= 0.3 is 6.61 Å². The zero-order chi connectivity index (χ0) is 23.8. The van der Waals surface area contributed by atoms with Crippen LogP contribution in [0.3, 0.4) is 0 Å². The number of carbonyl (C=O) groups is 1. The average molecular weight is 488 g/mol. The second-order valence-electron chi connectivity index (χ2n) is 7.90. The molecule has 8 nitrogen and oxygen atoms in total. The van der Waals surface area contributed by atoms with Crippen molar-refractivity contribution in [2.45, 2.75) is 39.2 Å². The van der Waals surface area contributed by atoms with Crippen molar-refractivity contribution in [2.75, 3.05) is 45.9 Å². The third-order valence-corrected chi connectivity index (χ3v) is 7.71. The lowest BCUT2D eigenvalue weighted by Gasteiger charge is -2.36. The summed E-state index contributed by atoms with van der Waals surface area (Å²) in [7, 11) is -3.50. The van der Waals surface area contributed by atoms with Gasteiger partial charge in [-0.15, -0.1) is 0 Å². The third kappa shape index (κ3) is 6.87. The number of benzene rings is 1. The Hall–Kier alpha value is -2.24. The maximum atomic E-state index is 12.9. The molecule has 11 heteroatoms. The Kier molecular flexibility index (Phi) is 9.04. The highest BCUT2D eigenvalue weighted by Crippen LogP contribution is 2.30. The molecule has 1 aromatic rings. The van der Waals surface area contributed by atoms with Crippen molar-refractivity contribution in [1.29, 1.82) is 0 Å². The minimum atomic E-state index is -3.50. The number of piperazine rings is 1. The van der Waals surface area contributed by atoms with Gasteiger partial charge in [-0.2, -0.15) is 25.8 Å². The molecule has 0 bridgehead atoms. The number of amides is 1. The first kappa shape index (κ1) is 25.4. The molecule has 184 valence electrons. The van der Waals surface area contributed by atoms with E-state index < -0.39 is 16.8 Å². The summed E-state index contributed by atoms with van der Waals surface area (Å²) in [5.41, 5.74) is 0.593. The predicted molar refractivity (Wildman–Crippen MR) is 120 cm³/mol. The SMILES string of the molecule is CCOc1cc(/C=C/C(=O)N2CCN(S(=O)(=O)N3CCCCCC3)CC2)ccc1OC(F)F. The quantitative estimate of drug-likeness (QED) is 0.527. The van der Waals surface area contributed by atoms with Gasteiger partial charge in [0.1, 0.15) is 0 Å². The van der Waals surface area contributed by atoms with Gasteiger partial charge in [0.05, 0.1) is 6.61 Å². The molecule has 0 N–H and O–H groups in total. The first-order valence-electron chi connectivity index (χ1n) is 11.2. The highest BCUT2D eigenvalue weighted by Gasteiger charge is 2.33. The number of hydrogen-bond acceptors (Lipinski definition) is 5. The van der Waals surface area contributed by atoms with Crippen molar-refractivity contribution in [1.82, 2.24) is 13.5 Å². The largest absolute Gasteiger partial charge is 0.490 e. The molecule has 2 aliphatic rings. The molecule has 0 atom stereocenters. The highest BCUT2D eigenvalue weighted by molar-refractivity contribution is 7.86. The van der Waals surface area contributed by atoms with Gasteiger partial charge in [0, 0.05) is 45.3 Å². The van der Waals surface area contributed by atoms with Crippen LogP contribution in [-0.2, 0) is 15.0 Å². The second kappa shape index (κ2) is 11.8. The molecule has 2 heterocycles. The van der Waals surface area contributed by atoms with E-state index in [1.165, 1.54) is 22.5 Å². The van der Waals surface area contributed by atoms with E-state index >= 15 is 0 Å². The van der Waals surface area contributed by atoms with Crippen LogP contribution < -0.4 is 9.47 Å². The molecule has 2 saturated heterocycles. The summed E-state index contributed by atoms with van der Waals surface area (Å²) < 4.78 is 63.8. The van der Waals surface area contributed by atoms with Crippen LogP contribution >= 0.6 is 0 Å². The van der Waals surface area contributed by atoms with Gasteiger partial charge in [0.15, 0.2) is 11.5 Å². The van der Waals surface area contributed by atoms with Crippen molar-refractivity contribution in [3.8, 4) is 11.5 Å². The van der Waals surface area contributed by atoms with Gasteiger partial charge in [0.25, 0.3) is 10.2 Å². The number of halogens is 2. The maximum Gasteiger partial charge on any atom is 0.387 e. The summed E-state index contributed by atoms with van der Waals surface area (Å²) in [6.45, 7) is 1.27. The van der Waals surface area contributed by atoms with Gasteiger partial charge < -0.3 is 14.4 Å². The Morgan fingerprint density at radius 2 is 1.64 bits per heavy atom. The monoisotopic (exact) mass is 487 g/mol. The number of carbonyl (C=O) groups excluding carboxylic acids is 1. The van der Waals surface area contributed by atoms with Crippen LogP contribution in [-0.4, -0.2) is 80.3 Å². The summed E-state index contributed by atoms with van der Waals surface area (Å²) in [6, 6.07) is 4.44. The molecule has 1 amide bonds. The Morgan fingerprint density at radius 1 is 1.00 bits per heavy atom. The van der Waals surface area contributed by atoms with Crippen molar-refractivity contribution < 1.29 is 31.5 Å². The van der Waals surface area contributed by atoms with Gasteiger partial charge in [-0.3, -0.25) is 4.79 Å². The second-order valence-corrected chi connectivity index (χ2v) is 9.82. The molecular formula is C22H31F2N3O5S. The number of rotatable bonds is 8. The molecular weight excluding hydrogens is 456 g/mol. The summed E-state index contributed by atoms with van der Waals surface area (Å²) in [6.07, 6.45) is 6.81. The molecule has 0 aliphatic carbocycles. The number of hydrogen-bond donors (Lipinski definition) is 0. The van der Waals surface area contributed by atoms with Crippen LogP contribution in [0.25, 0.3) is 6.08 Å². The molecule has 3 rings (SSSR count). The topological polar surface area (TPSA) is 79.4 Å². The highest BCUT2D eigenvalue weighted by atomic mass is 32.2. The predicted octanol–water partition coefficient (Wildman–Crippen LogP) is 2.96. The van der Waals surface area contributed by atoms with Gasteiger partial charge in [0.2, 0.25) is 5.91 Å². The van der Waals surface area contributed by atoms with Crippen LogP contribution in [0.4, 0.5) is 8.78 Å². The lowest BCUT2D eigenvalue weighted by atomic mass is 10.2. The smallest absolute Gasteiger partial charge is 0.387 e. The van der Waals surface area contributed by atoms with Gasteiger partial charge in [-0.25, -0.2) is 0 Å². The third-order valence-electron chi connectivity index (χ3n) is 5.67. The van der Waals surface area contributed by atoms with E-state index in [-0.39, 0.29) is 37.1 Å². The van der Waals surface area contributed by atoms with E-state index in [1.54, 1.807) is 28.3 Å². The normalized spacial score (nSPS) is 19.1. The zero-order valence-corrected chi connectivity index (χ0v) is 19.6. The average Bonchev–Trinajstić information content (AvgIpc) is 3.09. The molecule has 0 aromatic heterocycles. The molecule has 2 fully saturated rings. The molecule has 0 saturated carbocycles. The van der Waals surface area contributed by atoms with Crippen LogP contribution in [0.2, 0.25) is 0 Å². The number of ether oxygens (including phenoxy) is 2. The Morgan fingerprint density at radius 3 is 2.24 bits per heavy atom. The Bertz CT molecular complexity index is 926. The number of alkyl halides is 2. The first-order valence-corrected chi connectivity index (χ1v) is 12.6. The lowest BCUT2D eigenvalue weighted by Crippen LogP contribution is -2.54. The summed E-state index contributed by atoms with van der Waals surface area (Å²) in [4.78, 5) is 14.2. The molecule has 1 aromatic carbocycles. The standard InChI is InChI=1S/C22H31F2N3O5S/c1-2-31-20-17-18(7-9-19(20)32-22(23)24)8-10-21(28)25-13-15-27(16-14-25)33(29,30)26-11-5-3-4-6-12-26/h7-10,17,22H,2-6,11-16H2,1H3/b10-8+. The molecule has 0 spiro atoms. The molecule has 0 radical (unpaired) electrons. The van der Waals surface area contributed by atoms with E-state index in [1.807, 2.05) is 0 Å². The van der Waals surface area contributed by atoms with Crippen LogP contribution in [0, 0.1) is 0 Å². The minimum absolute atomic E-state index is 0.0722. The van der Waals surface area contributed by atoms with Crippen molar-refractivity contribution in [3.63, 3.8) is 0 Å². The Balaban J connectivity index is 1.58. The van der Waals surface area contributed by atoms with Crippen molar-refractivity contribution >= 4 is 22.2 Å². The minimum Gasteiger partial charge on any atom is -0.490 e. The zero-order valence-electron chi connectivity index (χ0n) is 18.8. The van der Waals surface area contributed by atoms with E-state index in [0.717, 1.165) is 25.7 Å². The molecule has 33 heavy (non-hydrogen) atoms. The Labute approximate surface area is 193 Å². The first-order chi connectivity index (χ1) is 15.8. The van der Waals surface area contributed by atoms with E-state index in [4.69, 9.17) is 4.74 Å². The fourth-order valence-electron chi connectivity index (χ4n) is 3.94. The fraction of sp³-hybridized carbons (Fsp3) is 0.591. The van der Waals surface area contributed by atoms with Crippen molar-refractivity contribution in [3.05, 3.63) is 29.8 Å². The van der Waals surface area contributed by atoms with Crippen LogP contribution in [0.1, 0.15) is 38.2 Å². The van der Waals surface area contributed by atoms with Crippen LogP contribution in [0.15, 0.2) is 24.3 Å². The number of nitrogens with zero attached hydrogens (tertiary/aromatic N) is 3. The van der Waals surface area contributed by atoms with E-state index in [2.05, 4.69) is 4.74 Å². The summed E-state index contributed by atoms with van der Waals surface area (Å²) in [5.74, 6) is -0.149. The maximum absolute atomic E-state index is 12.9. The molecule has 2 aliphatic heterocycles. The molecule has 0 unspecified atom stereocenters. The van der Waals surface area contributed by atoms with Gasteiger partial charge in [-0.05, 0) is 43.5 Å². The van der Waals surface area contributed by atoms with E-state index in [9.17, 15) is 22.0 Å². The van der Waals surface area contributed by atoms with Gasteiger partial charge in [-0.1, -0.05) is 18.9 Å². The van der Waals surface area contributed by atoms with Crippen molar-refractivity contribution in [2.24, 2.45) is 0 Å². The van der Waals surface area contributed by atoms with Crippen LogP contribution in [0.5, 0.6) is 11.5 Å². The summed E-state index contributed by atoms with van der Waals surface area (Å²) in [5, 5.41) is 0. The summed E-state index contributed by atoms with van der Waals surface area (Å²) >= 11 is 0. The lowest BCUT2D eigenvalue weighted by molar-refractivity contribution is -0.127. The fourth-order valence-corrected chi connectivity index (χ4v) is 5.61. The van der Waals surface area contributed by atoms with E-state index in [0.29, 0.717) is 31.7 Å².